The zero-order chi connectivity index (χ0) is 12.6. The molecule has 0 fully saturated rings. The van der Waals surface area contributed by atoms with E-state index in [1.165, 1.54) is 18.2 Å². The van der Waals surface area contributed by atoms with Crippen molar-refractivity contribution >= 4 is 18.8 Å². The van der Waals surface area contributed by atoms with E-state index in [9.17, 15) is 0 Å². The fraction of sp³-hybridized carbons (Fsp3) is 0. The number of benzene rings is 1. The predicted octanol–water partition coefficient (Wildman–Crippen LogP) is 3.43. The largest absolute Gasteiger partial charge is 0.223 e. The van der Waals surface area contributed by atoms with Gasteiger partial charge in [-0.3, -0.25) is 0 Å². The molecule has 2 aliphatic rings. The lowest BCUT2D eigenvalue weighted by molar-refractivity contribution is 1.07. The second-order valence-electron chi connectivity index (χ2n) is 3.18. The van der Waals surface area contributed by atoms with Crippen molar-refractivity contribution in [3.8, 4) is 0 Å². The second-order valence-corrected chi connectivity index (χ2v) is 3.18. The van der Waals surface area contributed by atoms with Gasteiger partial charge >= 0.3 is 0 Å². The van der Waals surface area contributed by atoms with Gasteiger partial charge in [-0.1, -0.05) is 43.0 Å². The molecule has 0 amide bonds. The normalized spacial score (nSPS) is 18.9. The summed E-state index contributed by atoms with van der Waals surface area (Å²) in [5.41, 5.74) is 1.17. The number of nitrogens with zero attached hydrogens (tertiary/aromatic N) is 6. The van der Waals surface area contributed by atoms with Crippen molar-refractivity contribution in [1.29, 1.82) is 0 Å². The van der Waals surface area contributed by atoms with Crippen LogP contribution in [0.2, 0.25) is 0 Å². The van der Waals surface area contributed by atoms with E-state index in [1.807, 2.05) is 36.4 Å². The lowest BCUT2D eigenvalue weighted by Crippen LogP contribution is -1.72. The molecule has 6 nitrogen and oxygen atoms in total. The SMILES string of the molecule is C1=NC(=C2N=CN=N2)N=N1.C=Cc1ccccc1. The first-order valence-corrected chi connectivity index (χ1v) is 5.18. The van der Waals surface area contributed by atoms with Crippen molar-refractivity contribution in [2.24, 2.45) is 30.4 Å². The van der Waals surface area contributed by atoms with Crippen LogP contribution in [-0.4, -0.2) is 12.7 Å². The van der Waals surface area contributed by atoms with Gasteiger partial charge in [0.15, 0.2) is 0 Å². The van der Waals surface area contributed by atoms with Crippen molar-refractivity contribution in [3.63, 3.8) is 0 Å². The van der Waals surface area contributed by atoms with Crippen LogP contribution >= 0.6 is 0 Å². The monoisotopic (exact) mass is 238 g/mol. The van der Waals surface area contributed by atoms with E-state index in [0.29, 0.717) is 11.6 Å². The summed E-state index contributed by atoms with van der Waals surface area (Å²) in [6.45, 7) is 3.63. The molecule has 6 heteroatoms. The van der Waals surface area contributed by atoms with Crippen molar-refractivity contribution in [1.82, 2.24) is 0 Å². The Morgan fingerprint density at radius 1 is 0.833 bits per heavy atom. The molecular weight excluding hydrogens is 228 g/mol. The van der Waals surface area contributed by atoms with Gasteiger partial charge < -0.3 is 0 Å². The van der Waals surface area contributed by atoms with E-state index in [4.69, 9.17) is 0 Å². The van der Waals surface area contributed by atoms with Crippen LogP contribution in [0.15, 0.2) is 79.0 Å². The van der Waals surface area contributed by atoms with Crippen LogP contribution in [0.1, 0.15) is 5.56 Å². The summed E-state index contributed by atoms with van der Waals surface area (Å²) >= 11 is 0. The summed E-state index contributed by atoms with van der Waals surface area (Å²) in [7, 11) is 0. The van der Waals surface area contributed by atoms with Gasteiger partial charge in [0.25, 0.3) is 0 Å². The fourth-order valence-corrected chi connectivity index (χ4v) is 1.17. The van der Waals surface area contributed by atoms with E-state index in [2.05, 4.69) is 37.0 Å². The van der Waals surface area contributed by atoms with Gasteiger partial charge in [-0.2, -0.15) is 0 Å². The third-order valence-electron chi connectivity index (χ3n) is 2.00. The molecule has 88 valence electrons. The van der Waals surface area contributed by atoms with Crippen molar-refractivity contribution in [2.75, 3.05) is 0 Å². The number of rotatable bonds is 1. The maximum atomic E-state index is 3.77. The average Bonchev–Trinajstić information content (AvgIpc) is 3.12. The fourth-order valence-electron chi connectivity index (χ4n) is 1.17. The average molecular weight is 238 g/mol. The number of azo groups is 2. The van der Waals surface area contributed by atoms with Crippen LogP contribution in [0.5, 0.6) is 0 Å². The highest BCUT2D eigenvalue weighted by Crippen LogP contribution is 2.16. The first kappa shape index (κ1) is 11.7. The number of hydrogen-bond acceptors (Lipinski definition) is 6. The van der Waals surface area contributed by atoms with Crippen molar-refractivity contribution in [2.45, 2.75) is 0 Å². The van der Waals surface area contributed by atoms with Gasteiger partial charge in [0.2, 0.25) is 11.6 Å². The van der Waals surface area contributed by atoms with Crippen LogP contribution in [-0.2, 0) is 0 Å². The molecule has 0 atom stereocenters. The van der Waals surface area contributed by atoms with Crippen LogP contribution in [0.3, 0.4) is 0 Å². The molecule has 3 rings (SSSR count). The summed E-state index contributed by atoms with van der Waals surface area (Å²) < 4.78 is 0. The standard InChI is InChI=1S/C8H8.C4H2N6/c1-2-8-6-4-3-5-7-8;1-5-3(9-7-1)4-6-2-8-10-4/h2-7H,1H2;1-2H. The van der Waals surface area contributed by atoms with Crippen LogP contribution in [0.4, 0.5) is 0 Å². The minimum absolute atomic E-state index is 0.414. The van der Waals surface area contributed by atoms with E-state index >= 15 is 0 Å². The molecule has 0 bridgehead atoms. The second kappa shape index (κ2) is 6.09. The molecule has 0 aliphatic carbocycles. The Morgan fingerprint density at radius 2 is 1.39 bits per heavy atom. The first-order valence-electron chi connectivity index (χ1n) is 5.18. The first-order chi connectivity index (χ1) is 8.90. The Labute approximate surface area is 104 Å². The molecule has 2 aliphatic heterocycles. The van der Waals surface area contributed by atoms with Crippen molar-refractivity contribution < 1.29 is 0 Å². The maximum Gasteiger partial charge on any atom is 0.223 e. The summed E-state index contributed by atoms with van der Waals surface area (Å²) in [6.07, 6.45) is 4.51. The molecule has 1 aromatic carbocycles. The van der Waals surface area contributed by atoms with Gasteiger partial charge in [-0.25, -0.2) is 9.98 Å². The zero-order valence-electron chi connectivity index (χ0n) is 9.51. The highest BCUT2D eigenvalue weighted by molar-refractivity contribution is 5.62. The predicted molar refractivity (Wildman–Crippen MR) is 70.3 cm³/mol. The number of hydrogen-bond donors (Lipinski definition) is 0. The minimum atomic E-state index is 0.414. The Balaban J connectivity index is 0.000000138. The van der Waals surface area contributed by atoms with Crippen LogP contribution in [0, 0.1) is 0 Å². The van der Waals surface area contributed by atoms with Crippen LogP contribution < -0.4 is 0 Å². The highest BCUT2D eigenvalue weighted by atomic mass is 15.3. The molecule has 0 saturated heterocycles. The quantitative estimate of drug-likeness (QED) is 0.718. The third-order valence-corrected chi connectivity index (χ3v) is 2.00. The molecule has 0 radical (unpaired) electrons. The van der Waals surface area contributed by atoms with Gasteiger partial charge in [0.05, 0.1) is 0 Å². The molecule has 1 aromatic rings. The van der Waals surface area contributed by atoms with Gasteiger partial charge in [0, 0.05) is 0 Å². The lowest BCUT2D eigenvalue weighted by atomic mass is 10.2. The summed E-state index contributed by atoms with van der Waals surface area (Å²) in [4.78, 5) is 7.54. The van der Waals surface area contributed by atoms with E-state index in [1.54, 1.807) is 0 Å². The topological polar surface area (TPSA) is 74.2 Å². The molecule has 0 spiro atoms. The summed E-state index contributed by atoms with van der Waals surface area (Å²) in [5.74, 6) is 0.829. The number of aliphatic imine (C=N–C) groups is 2. The molecule has 18 heavy (non-hydrogen) atoms. The third kappa shape index (κ3) is 3.11. The minimum Gasteiger partial charge on any atom is -0.210 e. The van der Waals surface area contributed by atoms with E-state index in [0.717, 1.165) is 0 Å². The summed E-state index contributed by atoms with van der Waals surface area (Å²) in [5, 5.41) is 14.3. The van der Waals surface area contributed by atoms with Gasteiger partial charge in [-0.15, -0.1) is 20.5 Å². The maximum absolute atomic E-state index is 3.77. The van der Waals surface area contributed by atoms with Gasteiger partial charge in [0.1, 0.15) is 12.7 Å². The smallest absolute Gasteiger partial charge is 0.210 e. The molecule has 0 aromatic heterocycles. The Bertz CT molecular complexity index is 507. The zero-order valence-corrected chi connectivity index (χ0v) is 9.51. The highest BCUT2D eigenvalue weighted by Gasteiger charge is 2.07. The molecule has 2 heterocycles. The molecule has 0 N–H and O–H groups in total. The Hall–Kier alpha value is -2.76. The van der Waals surface area contributed by atoms with Crippen molar-refractivity contribution in [3.05, 3.63) is 54.1 Å². The molecular formula is C12H10N6. The molecule has 0 saturated carbocycles. The Kier molecular flexibility index (Phi) is 3.97. The van der Waals surface area contributed by atoms with E-state index in [-0.39, 0.29) is 0 Å². The summed E-state index contributed by atoms with van der Waals surface area (Å²) in [6, 6.07) is 10.0. The Morgan fingerprint density at radius 3 is 1.72 bits per heavy atom. The van der Waals surface area contributed by atoms with Crippen LogP contribution in [0.25, 0.3) is 6.08 Å². The van der Waals surface area contributed by atoms with E-state index < -0.39 is 0 Å². The molecule has 0 unspecified atom stereocenters. The lowest BCUT2D eigenvalue weighted by Gasteiger charge is -1.85. The van der Waals surface area contributed by atoms with Gasteiger partial charge in [-0.05, 0) is 5.56 Å².